The van der Waals surface area contributed by atoms with E-state index in [1.54, 1.807) is 6.08 Å². The third-order valence-corrected chi connectivity index (χ3v) is 9.87. The third-order valence-electron chi connectivity index (χ3n) is 8.57. The Morgan fingerprint density at radius 1 is 1.08 bits per heavy atom. The van der Waals surface area contributed by atoms with Gasteiger partial charge in [-0.25, -0.2) is 0 Å². The van der Waals surface area contributed by atoms with Crippen molar-refractivity contribution >= 4 is 46.2 Å². The first-order valence-corrected chi connectivity index (χ1v) is 15.1. The summed E-state index contributed by atoms with van der Waals surface area (Å²) in [5, 5.41) is 1.27. The molecule has 8 heteroatoms. The molecule has 0 spiro atoms. The van der Waals surface area contributed by atoms with Gasteiger partial charge in [-0.2, -0.15) is 5.01 Å². The van der Waals surface area contributed by atoms with Crippen molar-refractivity contribution < 1.29 is 19.1 Å². The van der Waals surface area contributed by atoms with Gasteiger partial charge in [0.05, 0.1) is 16.9 Å². The zero-order valence-electron chi connectivity index (χ0n) is 22.4. The summed E-state index contributed by atoms with van der Waals surface area (Å²) < 4.78 is 12.3. The van der Waals surface area contributed by atoms with Gasteiger partial charge in [0.2, 0.25) is 5.91 Å². The molecule has 0 unspecified atom stereocenters. The van der Waals surface area contributed by atoms with E-state index in [9.17, 15) is 9.59 Å². The minimum absolute atomic E-state index is 0.0344. The van der Waals surface area contributed by atoms with E-state index in [-0.39, 0.29) is 17.2 Å². The van der Waals surface area contributed by atoms with Crippen LogP contribution in [-0.4, -0.2) is 27.8 Å². The second-order valence-corrected chi connectivity index (χ2v) is 13.2. The van der Waals surface area contributed by atoms with Crippen molar-refractivity contribution in [1.29, 1.82) is 0 Å². The van der Waals surface area contributed by atoms with Crippen molar-refractivity contribution in [1.82, 2.24) is 10.4 Å². The van der Waals surface area contributed by atoms with Gasteiger partial charge >= 0.3 is 0 Å². The Kier molecular flexibility index (Phi) is 7.18. The molecule has 1 saturated heterocycles. The summed E-state index contributed by atoms with van der Waals surface area (Å²) in [4.78, 5) is 27.3. The summed E-state index contributed by atoms with van der Waals surface area (Å²) in [6, 6.07) is 13.8. The molecule has 5 fully saturated rings. The van der Waals surface area contributed by atoms with Gasteiger partial charge in [-0.05, 0) is 112 Å². The molecular weight excluding hydrogens is 528 g/mol. The molecule has 1 aliphatic heterocycles. The SMILES string of the molecule is CCOc1cc(/C=C2\SC(=S)N(NC(=O)C34CC5CC(CC(C5)C3)C4)C2=O)ccc1OCc1cccc(C)c1. The van der Waals surface area contributed by atoms with Crippen LogP contribution in [0.1, 0.15) is 62.1 Å². The molecule has 1 N–H and O–H groups in total. The second kappa shape index (κ2) is 10.6. The van der Waals surface area contributed by atoms with E-state index in [1.165, 1.54) is 41.6 Å². The molecule has 39 heavy (non-hydrogen) atoms. The standard InChI is InChI=1S/C31H34N2O4S2/c1-3-36-26-13-20(7-8-25(26)37-18-21-6-4-5-19(2)9-21)14-27-28(34)33(30(38)39-27)32-29(35)31-15-22-10-23(16-31)12-24(11-22)17-31/h4-9,13-14,22-24H,3,10-12,15-18H2,1-2H3,(H,32,35)/b27-14-. The highest BCUT2D eigenvalue weighted by atomic mass is 32.2. The fraction of sp³-hybridized carbons (Fsp3) is 0.452. The lowest BCUT2D eigenvalue weighted by Crippen LogP contribution is -2.57. The zero-order valence-corrected chi connectivity index (χ0v) is 24.0. The molecule has 5 aliphatic rings. The van der Waals surface area contributed by atoms with Gasteiger partial charge < -0.3 is 9.47 Å². The van der Waals surface area contributed by atoms with E-state index in [0.29, 0.717) is 51.7 Å². The number of carbonyl (C=O) groups excluding carboxylic acids is 2. The summed E-state index contributed by atoms with van der Waals surface area (Å²) in [7, 11) is 0. The number of nitrogens with one attached hydrogen (secondary N) is 1. The zero-order chi connectivity index (χ0) is 27.1. The molecular formula is C31H34N2O4S2. The van der Waals surface area contributed by atoms with Gasteiger partial charge in [-0.1, -0.05) is 47.7 Å². The maximum atomic E-state index is 13.5. The third kappa shape index (κ3) is 5.33. The van der Waals surface area contributed by atoms with E-state index < -0.39 is 0 Å². The Bertz CT molecular complexity index is 1320. The van der Waals surface area contributed by atoms with Crippen molar-refractivity contribution in [3.63, 3.8) is 0 Å². The van der Waals surface area contributed by atoms with Gasteiger partial charge in [-0.3, -0.25) is 15.0 Å². The molecule has 6 nitrogen and oxygen atoms in total. The van der Waals surface area contributed by atoms with Crippen molar-refractivity contribution in [2.45, 2.75) is 59.0 Å². The number of ether oxygens (including phenoxy) is 2. The summed E-state index contributed by atoms with van der Waals surface area (Å²) >= 11 is 6.73. The lowest BCUT2D eigenvalue weighted by molar-refractivity contribution is -0.152. The van der Waals surface area contributed by atoms with Crippen molar-refractivity contribution in [3.05, 3.63) is 64.1 Å². The fourth-order valence-corrected chi connectivity index (χ4v) is 8.47. The predicted molar refractivity (Wildman–Crippen MR) is 157 cm³/mol. The number of thiocarbonyl (C=S) groups is 1. The minimum Gasteiger partial charge on any atom is -0.490 e. The van der Waals surface area contributed by atoms with E-state index in [4.69, 9.17) is 21.7 Å². The summed E-state index contributed by atoms with van der Waals surface area (Å²) in [5.74, 6) is 2.88. The first kappa shape index (κ1) is 26.4. The molecule has 1 heterocycles. The molecule has 0 aromatic heterocycles. The minimum atomic E-state index is -0.345. The number of hydrogen-bond acceptors (Lipinski definition) is 6. The van der Waals surface area contributed by atoms with Crippen molar-refractivity contribution in [3.8, 4) is 11.5 Å². The molecule has 4 bridgehead atoms. The van der Waals surface area contributed by atoms with Crippen LogP contribution in [0.3, 0.4) is 0 Å². The fourth-order valence-electron chi connectivity index (χ4n) is 7.29. The second-order valence-electron chi connectivity index (χ2n) is 11.6. The van der Waals surface area contributed by atoms with Crippen molar-refractivity contribution in [2.75, 3.05) is 6.61 Å². The van der Waals surface area contributed by atoms with Crippen LogP contribution in [0.4, 0.5) is 0 Å². The van der Waals surface area contributed by atoms with Crippen molar-refractivity contribution in [2.24, 2.45) is 23.2 Å². The van der Waals surface area contributed by atoms with Crippen LogP contribution in [0.15, 0.2) is 47.4 Å². The van der Waals surface area contributed by atoms with Crippen LogP contribution in [-0.2, 0) is 16.2 Å². The van der Waals surface area contributed by atoms with Crippen LogP contribution in [0.5, 0.6) is 11.5 Å². The van der Waals surface area contributed by atoms with Gasteiger partial charge in [0.1, 0.15) is 6.61 Å². The highest BCUT2D eigenvalue weighted by Gasteiger charge is 2.55. The molecule has 4 aliphatic carbocycles. The Morgan fingerprint density at radius 3 is 2.46 bits per heavy atom. The van der Waals surface area contributed by atoms with Crippen LogP contribution < -0.4 is 14.9 Å². The van der Waals surface area contributed by atoms with E-state index >= 15 is 0 Å². The molecule has 4 saturated carbocycles. The van der Waals surface area contributed by atoms with Crippen LogP contribution in [0.2, 0.25) is 0 Å². The number of benzene rings is 2. The average molecular weight is 563 g/mol. The molecule has 204 valence electrons. The molecule has 2 aromatic carbocycles. The lowest BCUT2D eigenvalue weighted by Gasteiger charge is -2.55. The molecule has 7 rings (SSSR count). The topological polar surface area (TPSA) is 67.9 Å². The number of amides is 2. The Hall–Kier alpha value is -2.84. The first-order chi connectivity index (χ1) is 18.8. The number of hydrazine groups is 1. The summed E-state index contributed by atoms with van der Waals surface area (Å²) in [6.07, 6.45) is 8.39. The number of rotatable bonds is 8. The van der Waals surface area contributed by atoms with Crippen LogP contribution >= 0.6 is 24.0 Å². The molecule has 0 radical (unpaired) electrons. The van der Waals surface area contributed by atoms with E-state index in [2.05, 4.69) is 24.5 Å². The number of hydrogen-bond donors (Lipinski definition) is 1. The molecule has 0 atom stereocenters. The monoisotopic (exact) mass is 562 g/mol. The van der Waals surface area contributed by atoms with Gasteiger partial charge in [-0.15, -0.1) is 0 Å². The van der Waals surface area contributed by atoms with Gasteiger partial charge in [0.15, 0.2) is 15.8 Å². The number of thioether (sulfide) groups is 1. The molecule has 2 aromatic rings. The Labute approximate surface area is 239 Å². The number of nitrogens with zero attached hydrogens (tertiary/aromatic N) is 1. The number of aryl methyl sites for hydroxylation is 1. The Morgan fingerprint density at radius 2 is 1.79 bits per heavy atom. The first-order valence-electron chi connectivity index (χ1n) is 13.9. The highest BCUT2D eigenvalue weighted by molar-refractivity contribution is 8.26. The summed E-state index contributed by atoms with van der Waals surface area (Å²) in [6.45, 7) is 4.90. The Balaban J connectivity index is 1.15. The predicted octanol–water partition coefficient (Wildman–Crippen LogP) is 6.42. The van der Waals surface area contributed by atoms with E-state index in [1.807, 2.05) is 37.3 Å². The van der Waals surface area contributed by atoms with Crippen LogP contribution in [0.25, 0.3) is 6.08 Å². The van der Waals surface area contributed by atoms with Crippen LogP contribution in [0, 0.1) is 30.1 Å². The molecule has 2 amide bonds. The van der Waals surface area contributed by atoms with E-state index in [0.717, 1.165) is 30.4 Å². The largest absolute Gasteiger partial charge is 0.490 e. The van der Waals surface area contributed by atoms with Gasteiger partial charge in [0.25, 0.3) is 5.91 Å². The van der Waals surface area contributed by atoms with Gasteiger partial charge in [0, 0.05) is 0 Å². The maximum absolute atomic E-state index is 13.5. The quantitative estimate of drug-likeness (QED) is 0.296. The average Bonchev–Trinajstić information content (AvgIpc) is 3.15. The number of carbonyl (C=O) groups is 2. The highest BCUT2D eigenvalue weighted by Crippen LogP contribution is 2.60. The normalized spacial score (nSPS) is 28.3. The summed E-state index contributed by atoms with van der Waals surface area (Å²) in [5.41, 5.74) is 5.65. The smallest absolute Gasteiger partial charge is 0.285 e. The maximum Gasteiger partial charge on any atom is 0.285 e. The lowest BCUT2D eigenvalue weighted by atomic mass is 9.49.